The molecule has 0 saturated heterocycles. The Balaban J connectivity index is -0.000000105. The number of halogens is 3. The smallest absolute Gasteiger partial charge is 0.421 e. The molecular formula is C33H57CoF3N19O11S4-. The molecule has 38 heteroatoms. The summed E-state index contributed by atoms with van der Waals surface area (Å²) in [6.07, 6.45) is 8.62. The van der Waals surface area contributed by atoms with Crippen molar-refractivity contribution in [2.75, 3.05) is 11.9 Å². The second-order valence-corrected chi connectivity index (χ2v) is 12.7. The fraction of sp³-hybridized carbons (Fsp3) is 0.182. The quantitative estimate of drug-likeness (QED) is 0.0298. The summed E-state index contributed by atoms with van der Waals surface area (Å²) in [5.74, 6) is 15.3. The molecule has 23 N–H and O–H groups in total. The molecule has 0 amide bonds. The van der Waals surface area contributed by atoms with Gasteiger partial charge in [-0.3, -0.25) is 63.4 Å². The summed E-state index contributed by atoms with van der Waals surface area (Å²) < 4.78 is 39.8. The number of hydrogen-bond donors (Lipinski definition) is 9. The first kappa shape index (κ1) is 84.3. The van der Waals surface area contributed by atoms with Gasteiger partial charge in [-0.25, -0.2) is 9.13 Å². The van der Waals surface area contributed by atoms with Crippen molar-refractivity contribution in [3.63, 3.8) is 0 Å². The Bertz CT molecular complexity index is 2420. The minimum absolute atomic E-state index is 0. The maximum Gasteiger partial charge on any atom is 0.421 e. The second kappa shape index (κ2) is 42.3. The van der Waals surface area contributed by atoms with E-state index in [9.17, 15) is 53.2 Å². The Morgan fingerprint density at radius 1 is 0.761 bits per heavy atom. The summed E-state index contributed by atoms with van der Waals surface area (Å²) >= 11 is 1.51. The van der Waals surface area contributed by atoms with E-state index in [-0.39, 0.29) is 141 Å². The Kier molecular flexibility index (Phi) is 50.2. The van der Waals surface area contributed by atoms with Crippen molar-refractivity contribution in [1.82, 2.24) is 26.8 Å². The van der Waals surface area contributed by atoms with Gasteiger partial charge in [0.1, 0.15) is 35.2 Å². The van der Waals surface area contributed by atoms with Gasteiger partial charge in [0, 0.05) is 61.7 Å². The number of nitrogens with zero attached hydrogens (tertiary/aromatic N) is 12. The summed E-state index contributed by atoms with van der Waals surface area (Å²) in [7, 11) is 3.69. The van der Waals surface area contributed by atoms with Crippen molar-refractivity contribution in [2.24, 2.45) is 68.1 Å². The standard InChI is InChI=1S/C13H14F3N5.2C9H6N4O4S.2CH4.Co.2H4N2.2H3N.3H2O.2H2S/c1-20-7-8-21(2)12(20)19-18-11-5-3-10(4-6-11)17-9-13(14,15)16;2*14-5-1-2-6(7(15)3-5)11-12-9-10-4-8(18-9)13(16)17;;;;2*1-2;;;;;;;/h3-8H,9H2,1-2H3;2*1-4H,(H2,10,12,14,15);2*1H4;;2*1-2H2;2*1H3;5*1H2/p-1. The van der Waals surface area contributed by atoms with E-state index in [1.807, 2.05) is 35.6 Å². The predicted molar refractivity (Wildman–Crippen MR) is 268 cm³/mol. The molecule has 0 unspecified atom stereocenters. The van der Waals surface area contributed by atoms with E-state index in [0.717, 1.165) is 47.2 Å². The molecule has 2 aliphatic rings. The first-order valence-corrected chi connectivity index (χ1v) is 17.6. The fourth-order valence-electron chi connectivity index (χ4n) is 3.82. The van der Waals surface area contributed by atoms with Gasteiger partial charge in [-0.1, -0.05) is 42.6 Å². The van der Waals surface area contributed by atoms with E-state index < -0.39 is 22.6 Å². The Morgan fingerprint density at radius 3 is 1.46 bits per heavy atom. The van der Waals surface area contributed by atoms with Crippen LogP contribution in [-0.4, -0.2) is 76.8 Å². The Hall–Kier alpha value is -6.63. The molecule has 0 atom stereocenters. The number of aryl methyl sites for hydroxylation is 2. The minimum atomic E-state index is -4.24. The molecule has 2 aliphatic carbocycles. The van der Waals surface area contributed by atoms with Gasteiger partial charge in [-0.05, 0) is 48.6 Å². The van der Waals surface area contributed by atoms with Crippen LogP contribution < -0.4 is 65.1 Å². The third-order valence-electron chi connectivity index (χ3n) is 6.46. The number of hydrazine groups is 2. The van der Waals surface area contributed by atoms with Crippen molar-refractivity contribution in [2.45, 2.75) is 21.0 Å². The van der Waals surface area contributed by atoms with Gasteiger partial charge < -0.3 is 64.4 Å². The summed E-state index contributed by atoms with van der Waals surface area (Å²) in [4.78, 5) is 48.9. The van der Waals surface area contributed by atoms with Crippen LogP contribution in [0, 0.1) is 20.2 Å². The Morgan fingerprint density at radius 2 is 1.15 bits per heavy atom. The van der Waals surface area contributed by atoms with Gasteiger partial charge in [0.2, 0.25) is 0 Å². The predicted octanol–water partition coefficient (Wildman–Crippen LogP) is 1.12. The number of nitrogens with two attached hydrogens (primary N) is 4. The molecule has 0 fully saturated rings. The first-order valence-electron chi connectivity index (χ1n) is 16.0. The van der Waals surface area contributed by atoms with Crippen LogP contribution in [0.25, 0.3) is 0 Å². The molecule has 6 rings (SSSR count). The van der Waals surface area contributed by atoms with Crippen LogP contribution >= 0.6 is 49.7 Å². The molecule has 71 heavy (non-hydrogen) atoms. The van der Waals surface area contributed by atoms with Crippen molar-refractivity contribution in [1.29, 1.82) is 0 Å². The van der Waals surface area contributed by atoms with Gasteiger partial charge in [0.15, 0.2) is 11.6 Å². The molecule has 3 aromatic heterocycles. The average molecular weight is 1140 g/mol. The van der Waals surface area contributed by atoms with E-state index >= 15 is 0 Å². The molecule has 0 spiro atoms. The number of allylic oxidation sites excluding steroid dienone is 6. The SMILES string of the molecule is C.C.Cn1cc[n+](C)c1N=Nc1ccc(NCC(F)(F)F)cc1.N.N.NN.NN.O.O.O.O=C1C=CC(=NN=c2[n-]cc([N+](=O)[O-])s2)C(O)=C1.O=C1C=CC(=NN=c2[n-]cc([N+](=O)[O-])s2)C(O)=C1.S.S.[Co]. The molecule has 3 heterocycles. The van der Waals surface area contributed by atoms with E-state index in [2.05, 4.69) is 69.3 Å². The number of aromatic nitrogens is 4. The molecule has 30 nitrogen and oxygen atoms in total. The van der Waals surface area contributed by atoms with Crippen molar-refractivity contribution in [3.05, 3.63) is 127 Å². The zero-order valence-electron chi connectivity index (χ0n) is 35.5. The van der Waals surface area contributed by atoms with Crippen LogP contribution in [0.4, 0.5) is 40.5 Å². The molecule has 0 bridgehead atoms. The molecular weight excluding hydrogens is 1080 g/mol. The zero-order valence-corrected chi connectivity index (χ0v) is 40.2. The summed E-state index contributed by atoms with van der Waals surface area (Å²) in [6.45, 7) is -1.06. The Labute approximate surface area is 433 Å². The zero-order chi connectivity index (χ0) is 45.7. The summed E-state index contributed by atoms with van der Waals surface area (Å²) in [5, 5.41) is 64.3. The number of carbonyl (C=O) groups excluding carboxylic acids is 2. The van der Waals surface area contributed by atoms with Crippen LogP contribution in [-0.2, 0) is 40.5 Å². The number of ketones is 2. The minimum Gasteiger partial charge on any atom is -0.506 e. The van der Waals surface area contributed by atoms with E-state index in [4.69, 9.17) is 0 Å². The van der Waals surface area contributed by atoms with E-state index in [1.165, 1.54) is 36.4 Å². The molecule has 405 valence electrons. The van der Waals surface area contributed by atoms with Crippen LogP contribution in [0.5, 0.6) is 0 Å². The van der Waals surface area contributed by atoms with Crippen molar-refractivity contribution < 1.29 is 80.6 Å². The monoisotopic (exact) mass is 1140 g/mol. The molecule has 1 aromatic carbocycles. The van der Waals surface area contributed by atoms with Gasteiger partial charge in [0.25, 0.3) is 0 Å². The number of hydrogen-bond acceptors (Lipinski definition) is 23. The molecule has 0 saturated carbocycles. The second-order valence-electron chi connectivity index (χ2n) is 10.7. The van der Waals surface area contributed by atoms with Gasteiger partial charge in [-0.2, -0.15) is 40.2 Å². The largest absolute Gasteiger partial charge is 0.506 e. The number of anilines is 1. The number of thiazole rings is 2. The van der Waals surface area contributed by atoms with Crippen molar-refractivity contribution >= 4 is 100.0 Å². The van der Waals surface area contributed by atoms with Crippen LogP contribution in [0.1, 0.15) is 14.9 Å². The topological polar surface area (TPSA) is 553 Å². The maximum atomic E-state index is 12.1. The number of imidazole rings is 1. The maximum absolute atomic E-state index is 12.1. The van der Waals surface area contributed by atoms with Gasteiger partial charge in [0.05, 0.1) is 36.3 Å². The van der Waals surface area contributed by atoms with Crippen molar-refractivity contribution in [3.8, 4) is 0 Å². The molecule has 1 radical (unpaired) electrons. The average Bonchev–Trinajstić information content (AvgIpc) is 3.99. The number of benzene rings is 1. The normalized spacial score (nSPS) is 13.0. The van der Waals surface area contributed by atoms with E-state index in [1.54, 1.807) is 12.1 Å². The van der Waals surface area contributed by atoms with Crippen LogP contribution in [0.3, 0.4) is 0 Å². The van der Waals surface area contributed by atoms with Gasteiger partial charge in [-0.15, -0.1) is 0 Å². The number of aliphatic hydroxyl groups excluding tert-OH is 2. The van der Waals surface area contributed by atoms with Crippen LogP contribution in [0.15, 0.2) is 128 Å². The number of alkyl halides is 3. The third kappa shape index (κ3) is 29.9. The molecule has 4 aromatic rings. The number of nitrogens with one attached hydrogen (secondary N) is 1. The third-order valence-corrected chi connectivity index (χ3v) is 8.13. The number of carbonyl (C=O) groups is 2. The van der Waals surface area contributed by atoms with Gasteiger partial charge >= 0.3 is 22.1 Å². The molecule has 0 aliphatic heterocycles. The summed E-state index contributed by atoms with van der Waals surface area (Å²) in [6, 6.07) is 6.27. The number of rotatable bonds is 8. The van der Waals surface area contributed by atoms with Crippen LogP contribution in [0.2, 0.25) is 0 Å². The number of azo groups is 1. The number of nitro groups is 2. The first-order chi connectivity index (χ1) is 29.0. The number of aliphatic hydroxyl groups is 2. The fourth-order valence-corrected chi connectivity index (χ4v) is 4.93. The van der Waals surface area contributed by atoms with E-state index in [0.29, 0.717) is 17.3 Å². The summed E-state index contributed by atoms with van der Waals surface area (Å²) in [5.41, 5.74) is 1.13.